The van der Waals surface area contributed by atoms with Gasteiger partial charge in [0.2, 0.25) is 0 Å². The number of hydrogen-bond acceptors (Lipinski definition) is 4. The highest BCUT2D eigenvalue weighted by atomic mass is 127. The Balaban J connectivity index is 0.00000480. The lowest BCUT2D eigenvalue weighted by Crippen LogP contribution is -2.36. The largest absolute Gasteiger partial charge is 0.484 e. The zero-order chi connectivity index (χ0) is 22.0. The van der Waals surface area contributed by atoms with Crippen LogP contribution in [0, 0.1) is 0 Å². The molecule has 0 aliphatic heterocycles. The smallest absolute Gasteiger partial charge is 0.422 e. The van der Waals surface area contributed by atoms with E-state index in [1.807, 2.05) is 6.07 Å². The van der Waals surface area contributed by atoms with Gasteiger partial charge in [-0.15, -0.1) is 24.0 Å². The van der Waals surface area contributed by atoms with Gasteiger partial charge in [-0.25, -0.2) is 0 Å². The Morgan fingerprint density at radius 2 is 1.65 bits per heavy atom. The van der Waals surface area contributed by atoms with Crippen molar-refractivity contribution >= 4 is 35.8 Å². The molecule has 0 bridgehead atoms. The van der Waals surface area contributed by atoms with Crippen LogP contribution in [0.4, 0.5) is 13.2 Å². The Morgan fingerprint density at radius 1 is 1.00 bits per heavy atom. The van der Waals surface area contributed by atoms with E-state index < -0.39 is 18.7 Å². The number of aliphatic imine (C=N–C) groups is 1. The van der Waals surface area contributed by atoms with E-state index in [1.54, 1.807) is 37.4 Å². The second-order valence-electron chi connectivity index (χ2n) is 6.23. The third kappa shape index (κ3) is 10.8. The maximum Gasteiger partial charge on any atom is 0.422 e. The number of nitrogens with zero attached hydrogens (tertiary/aromatic N) is 1. The first-order chi connectivity index (χ1) is 14.2. The highest BCUT2D eigenvalue weighted by Gasteiger charge is 2.28. The average Bonchev–Trinajstić information content (AvgIpc) is 2.71. The predicted octanol–water partition coefficient (Wildman–Crippen LogP) is 2.98. The molecule has 0 fully saturated rings. The van der Waals surface area contributed by atoms with Crippen LogP contribution in [0.2, 0.25) is 0 Å². The number of nitrogens with one attached hydrogen (secondary N) is 2. The zero-order valence-corrected chi connectivity index (χ0v) is 19.1. The van der Waals surface area contributed by atoms with Gasteiger partial charge in [0.15, 0.2) is 19.2 Å². The van der Waals surface area contributed by atoms with Crippen LogP contribution in [0.3, 0.4) is 0 Å². The number of carbonyl (C=O) groups is 1. The van der Waals surface area contributed by atoms with Crippen molar-refractivity contribution in [3.8, 4) is 11.5 Å². The molecule has 0 spiro atoms. The molecule has 0 aliphatic carbocycles. The van der Waals surface area contributed by atoms with Crippen molar-refractivity contribution in [3.05, 3.63) is 59.7 Å². The summed E-state index contributed by atoms with van der Waals surface area (Å²) in [6.07, 6.45) is -4.37. The summed E-state index contributed by atoms with van der Waals surface area (Å²) in [7, 11) is 1.62. The number of guanidine groups is 1. The molecule has 170 valence electrons. The second kappa shape index (κ2) is 12.9. The minimum absolute atomic E-state index is 0. The number of alkyl halides is 3. The number of ether oxygens (including phenoxy) is 2. The average molecular weight is 552 g/mol. The molecule has 0 aromatic heterocycles. The first-order valence-corrected chi connectivity index (χ1v) is 8.98. The minimum Gasteiger partial charge on any atom is -0.484 e. The molecule has 0 aliphatic rings. The van der Waals surface area contributed by atoms with Crippen molar-refractivity contribution in [2.24, 2.45) is 10.7 Å². The molecule has 0 saturated carbocycles. The Kier molecular flexibility index (Phi) is 10.9. The van der Waals surface area contributed by atoms with Gasteiger partial charge in [-0.05, 0) is 35.4 Å². The molecular weight excluding hydrogens is 528 g/mol. The third-order valence-corrected chi connectivity index (χ3v) is 3.75. The fourth-order valence-electron chi connectivity index (χ4n) is 2.36. The van der Waals surface area contributed by atoms with Crippen LogP contribution < -0.4 is 25.8 Å². The molecule has 0 atom stereocenters. The van der Waals surface area contributed by atoms with Gasteiger partial charge >= 0.3 is 6.18 Å². The zero-order valence-electron chi connectivity index (χ0n) is 16.7. The maximum atomic E-state index is 12.2. The number of primary amides is 1. The molecule has 2 aromatic rings. The van der Waals surface area contributed by atoms with E-state index in [1.165, 1.54) is 12.1 Å². The fourth-order valence-corrected chi connectivity index (χ4v) is 2.36. The van der Waals surface area contributed by atoms with Crippen LogP contribution in [-0.4, -0.2) is 38.3 Å². The Morgan fingerprint density at radius 3 is 2.23 bits per heavy atom. The van der Waals surface area contributed by atoms with Crippen molar-refractivity contribution in [1.29, 1.82) is 0 Å². The number of rotatable bonds is 9. The summed E-state index contributed by atoms with van der Waals surface area (Å²) in [5.74, 6) is 0.667. The lowest BCUT2D eigenvalue weighted by Gasteiger charge is -2.13. The molecule has 1 amide bonds. The van der Waals surface area contributed by atoms with Crippen molar-refractivity contribution in [3.63, 3.8) is 0 Å². The highest BCUT2D eigenvalue weighted by molar-refractivity contribution is 14.0. The SMILES string of the molecule is CN=C(NCc1ccc(OCC(F)(F)F)cc1)NCc1cccc(OCC(N)=O)c1.I. The van der Waals surface area contributed by atoms with Crippen LogP contribution in [0.25, 0.3) is 0 Å². The summed E-state index contributed by atoms with van der Waals surface area (Å²) in [6, 6.07) is 13.5. The second-order valence-corrected chi connectivity index (χ2v) is 6.23. The van der Waals surface area contributed by atoms with Gasteiger partial charge in [-0.2, -0.15) is 13.2 Å². The number of benzene rings is 2. The van der Waals surface area contributed by atoms with Crippen LogP contribution >= 0.6 is 24.0 Å². The molecule has 11 heteroatoms. The Hall–Kier alpha value is -2.70. The van der Waals surface area contributed by atoms with Crippen molar-refractivity contribution in [2.75, 3.05) is 20.3 Å². The number of carbonyl (C=O) groups excluding carboxylic acids is 1. The van der Waals surface area contributed by atoms with Gasteiger partial charge in [0.25, 0.3) is 5.91 Å². The number of hydrogen-bond donors (Lipinski definition) is 3. The van der Waals surface area contributed by atoms with E-state index in [9.17, 15) is 18.0 Å². The lowest BCUT2D eigenvalue weighted by atomic mass is 10.2. The molecule has 2 aromatic carbocycles. The first-order valence-electron chi connectivity index (χ1n) is 8.98. The van der Waals surface area contributed by atoms with E-state index in [4.69, 9.17) is 10.5 Å². The van der Waals surface area contributed by atoms with Gasteiger partial charge in [0.05, 0.1) is 0 Å². The van der Waals surface area contributed by atoms with E-state index in [0.29, 0.717) is 24.8 Å². The van der Waals surface area contributed by atoms with Crippen molar-refractivity contribution < 1.29 is 27.4 Å². The molecule has 7 nitrogen and oxygen atoms in total. The fraction of sp³-hybridized carbons (Fsp3) is 0.300. The van der Waals surface area contributed by atoms with E-state index in [2.05, 4.69) is 20.4 Å². The standard InChI is InChI=1S/C20H23F3N4O3.HI/c1-25-19(27-11-15-3-2-4-17(9-15)29-12-18(24)28)26-10-14-5-7-16(8-6-14)30-13-20(21,22)23;/h2-9H,10-13H2,1H3,(H2,24,28)(H2,25,26,27);1H. The van der Waals surface area contributed by atoms with Gasteiger partial charge < -0.3 is 25.8 Å². The summed E-state index contributed by atoms with van der Waals surface area (Å²) < 4.78 is 46.5. The Labute approximate surface area is 195 Å². The summed E-state index contributed by atoms with van der Waals surface area (Å²) in [5, 5.41) is 6.25. The summed E-state index contributed by atoms with van der Waals surface area (Å²) >= 11 is 0. The number of amides is 1. The van der Waals surface area contributed by atoms with Crippen molar-refractivity contribution in [2.45, 2.75) is 19.3 Å². The number of nitrogens with two attached hydrogens (primary N) is 1. The molecule has 0 unspecified atom stereocenters. The molecule has 31 heavy (non-hydrogen) atoms. The predicted molar refractivity (Wildman–Crippen MR) is 122 cm³/mol. The van der Waals surface area contributed by atoms with Crippen molar-refractivity contribution in [1.82, 2.24) is 10.6 Å². The molecule has 4 N–H and O–H groups in total. The van der Waals surface area contributed by atoms with Gasteiger partial charge in [0, 0.05) is 20.1 Å². The topological polar surface area (TPSA) is 98.0 Å². The summed E-state index contributed by atoms with van der Waals surface area (Å²) in [4.78, 5) is 14.9. The quantitative estimate of drug-likeness (QED) is 0.253. The number of halogens is 4. The Bertz CT molecular complexity index is 861. The normalized spacial score (nSPS) is 11.3. The minimum atomic E-state index is -4.37. The maximum absolute atomic E-state index is 12.2. The van der Waals surface area contributed by atoms with Gasteiger partial charge in [-0.3, -0.25) is 9.79 Å². The van der Waals surface area contributed by atoms with Crippen LogP contribution in [0.5, 0.6) is 11.5 Å². The molecular formula is C20H24F3IN4O3. The van der Waals surface area contributed by atoms with E-state index in [0.717, 1.165) is 11.1 Å². The van der Waals surface area contributed by atoms with E-state index >= 15 is 0 Å². The lowest BCUT2D eigenvalue weighted by molar-refractivity contribution is -0.153. The van der Waals surface area contributed by atoms with Crippen LogP contribution in [-0.2, 0) is 17.9 Å². The summed E-state index contributed by atoms with van der Waals surface area (Å²) in [5.41, 5.74) is 6.82. The molecule has 0 saturated heterocycles. The first kappa shape index (κ1) is 26.3. The molecule has 0 radical (unpaired) electrons. The van der Waals surface area contributed by atoms with Gasteiger partial charge in [-0.1, -0.05) is 24.3 Å². The summed E-state index contributed by atoms with van der Waals surface area (Å²) in [6.45, 7) is -0.644. The monoisotopic (exact) mass is 552 g/mol. The third-order valence-electron chi connectivity index (χ3n) is 3.75. The highest BCUT2D eigenvalue weighted by Crippen LogP contribution is 2.19. The van der Waals surface area contributed by atoms with Crippen LogP contribution in [0.1, 0.15) is 11.1 Å². The van der Waals surface area contributed by atoms with Gasteiger partial charge in [0.1, 0.15) is 11.5 Å². The molecule has 0 heterocycles. The van der Waals surface area contributed by atoms with E-state index in [-0.39, 0.29) is 36.3 Å². The van der Waals surface area contributed by atoms with Crippen LogP contribution in [0.15, 0.2) is 53.5 Å². The molecule has 2 rings (SSSR count).